The van der Waals surface area contributed by atoms with Gasteiger partial charge < -0.3 is 15.4 Å². The van der Waals surface area contributed by atoms with Crippen molar-refractivity contribution >= 4 is 11.6 Å². The number of nitrogen functional groups attached to an aromatic ring is 1. The van der Waals surface area contributed by atoms with Gasteiger partial charge in [-0.05, 0) is 24.6 Å². The van der Waals surface area contributed by atoms with E-state index in [1.807, 2.05) is 61.6 Å². The Morgan fingerprint density at radius 1 is 1.03 bits per heavy atom. The van der Waals surface area contributed by atoms with E-state index >= 15 is 0 Å². The summed E-state index contributed by atoms with van der Waals surface area (Å²) in [7, 11) is 3.47. The quantitative estimate of drug-likeness (QED) is 0.477. The van der Waals surface area contributed by atoms with Gasteiger partial charge in [0.25, 0.3) is 5.56 Å². The van der Waals surface area contributed by atoms with Crippen LogP contribution in [-0.2, 0) is 19.6 Å². The van der Waals surface area contributed by atoms with Crippen LogP contribution in [0.4, 0.5) is 5.82 Å². The van der Waals surface area contributed by atoms with E-state index in [1.165, 1.54) is 4.57 Å². The molecule has 3 aromatic rings. The summed E-state index contributed by atoms with van der Waals surface area (Å²) in [6.07, 6.45) is 0. The summed E-state index contributed by atoms with van der Waals surface area (Å²) < 4.78 is 7.60. The summed E-state index contributed by atoms with van der Waals surface area (Å²) in [5, 5.41) is 0. The van der Waals surface area contributed by atoms with Gasteiger partial charge in [0, 0.05) is 12.1 Å². The SMILES string of the molecule is CCn1c(=O)c(C(=O)C[NH+](C)Cc2cccc(OC)c2)c(N)n(Cc2ccccc2)c1=O. The number of methoxy groups -OCH3 is 1. The van der Waals surface area contributed by atoms with Crippen LogP contribution in [0.3, 0.4) is 0 Å². The number of nitrogens with zero attached hydrogens (tertiary/aromatic N) is 2. The van der Waals surface area contributed by atoms with Gasteiger partial charge in [0.15, 0.2) is 0 Å². The number of hydrogen-bond donors (Lipinski definition) is 2. The number of nitrogens with one attached hydrogen (secondary N) is 1. The zero-order valence-electron chi connectivity index (χ0n) is 18.6. The number of carbonyl (C=O) groups is 1. The Balaban J connectivity index is 1.91. The van der Waals surface area contributed by atoms with E-state index in [2.05, 4.69) is 0 Å². The van der Waals surface area contributed by atoms with Crippen LogP contribution >= 0.6 is 0 Å². The molecule has 3 rings (SSSR count). The lowest BCUT2D eigenvalue weighted by Crippen LogP contribution is -3.08. The molecule has 0 saturated heterocycles. The maximum Gasteiger partial charge on any atom is 0.332 e. The molecular formula is C24H29N4O4+. The normalized spacial score (nSPS) is 11.8. The molecule has 8 nitrogen and oxygen atoms in total. The smallest absolute Gasteiger partial charge is 0.332 e. The van der Waals surface area contributed by atoms with Crippen LogP contribution in [0, 0.1) is 0 Å². The average Bonchev–Trinajstić information content (AvgIpc) is 2.77. The molecule has 0 aliphatic carbocycles. The third-order valence-electron chi connectivity index (χ3n) is 5.35. The minimum Gasteiger partial charge on any atom is -0.497 e. The van der Waals surface area contributed by atoms with Gasteiger partial charge in [-0.3, -0.25) is 18.7 Å². The molecule has 168 valence electrons. The Hall–Kier alpha value is -3.65. The lowest BCUT2D eigenvalue weighted by molar-refractivity contribution is -0.884. The minimum absolute atomic E-state index is 0.0594. The second-order valence-electron chi connectivity index (χ2n) is 7.75. The zero-order chi connectivity index (χ0) is 23.3. The monoisotopic (exact) mass is 437 g/mol. The fourth-order valence-electron chi connectivity index (χ4n) is 3.73. The maximum absolute atomic E-state index is 13.1. The predicted octanol–water partition coefficient (Wildman–Crippen LogP) is 0.567. The molecule has 1 aromatic heterocycles. The highest BCUT2D eigenvalue weighted by atomic mass is 16.5. The summed E-state index contributed by atoms with van der Waals surface area (Å²) in [6.45, 7) is 2.65. The Labute approximate surface area is 186 Å². The van der Waals surface area contributed by atoms with Gasteiger partial charge in [-0.1, -0.05) is 42.5 Å². The summed E-state index contributed by atoms with van der Waals surface area (Å²) in [6, 6.07) is 16.9. The maximum atomic E-state index is 13.1. The first-order chi connectivity index (χ1) is 15.3. The molecule has 0 spiro atoms. The highest BCUT2D eigenvalue weighted by Gasteiger charge is 2.24. The van der Waals surface area contributed by atoms with Crippen molar-refractivity contribution in [2.45, 2.75) is 26.6 Å². The van der Waals surface area contributed by atoms with Crippen molar-refractivity contribution in [1.29, 1.82) is 0 Å². The van der Waals surface area contributed by atoms with Crippen LogP contribution < -0.4 is 26.6 Å². The first kappa shape index (κ1) is 23.0. The molecule has 0 radical (unpaired) electrons. The number of nitrogens with two attached hydrogens (primary N) is 1. The van der Waals surface area contributed by atoms with Gasteiger partial charge in [-0.15, -0.1) is 0 Å². The number of benzene rings is 2. The molecule has 0 bridgehead atoms. The van der Waals surface area contributed by atoms with Gasteiger partial charge in [-0.2, -0.15) is 0 Å². The van der Waals surface area contributed by atoms with Crippen molar-refractivity contribution in [3.05, 3.63) is 92.1 Å². The number of aromatic nitrogens is 2. The van der Waals surface area contributed by atoms with E-state index in [9.17, 15) is 14.4 Å². The average molecular weight is 438 g/mol. The standard InChI is InChI=1S/C24H28N4O4/c1-4-27-23(30)21(22(25)28(24(27)31)15-17-9-6-5-7-10-17)20(29)16-26(2)14-18-11-8-12-19(13-18)32-3/h5-13H,4,14-16,25H2,1-3H3/p+1. The van der Waals surface area contributed by atoms with Crippen LogP contribution in [0.2, 0.25) is 0 Å². The van der Waals surface area contributed by atoms with Gasteiger partial charge in [0.05, 0.1) is 20.7 Å². The first-order valence-corrected chi connectivity index (χ1v) is 10.5. The molecular weight excluding hydrogens is 408 g/mol. The lowest BCUT2D eigenvalue weighted by atomic mass is 10.1. The molecule has 8 heteroatoms. The second-order valence-corrected chi connectivity index (χ2v) is 7.75. The number of rotatable bonds is 9. The molecule has 0 aliphatic rings. The highest BCUT2D eigenvalue weighted by molar-refractivity contribution is 6.00. The number of hydrogen-bond acceptors (Lipinski definition) is 5. The van der Waals surface area contributed by atoms with Crippen LogP contribution in [0.1, 0.15) is 28.4 Å². The summed E-state index contributed by atoms with van der Waals surface area (Å²) in [4.78, 5) is 39.8. The van der Waals surface area contributed by atoms with Crippen molar-refractivity contribution < 1.29 is 14.4 Å². The Bertz CT molecular complexity index is 1210. The Morgan fingerprint density at radius 2 is 1.72 bits per heavy atom. The summed E-state index contributed by atoms with van der Waals surface area (Å²) in [5.74, 6) is 0.259. The van der Waals surface area contributed by atoms with Crippen molar-refractivity contribution in [3.8, 4) is 5.75 Å². The second kappa shape index (κ2) is 10.1. The molecule has 0 saturated carbocycles. The third kappa shape index (κ3) is 4.97. The van der Waals surface area contributed by atoms with E-state index in [1.54, 1.807) is 14.0 Å². The Kier molecular flexibility index (Phi) is 7.27. The molecule has 1 atom stereocenters. The predicted molar refractivity (Wildman–Crippen MR) is 123 cm³/mol. The van der Waals surface area contributed by atoms with Crippen LogP contribution in [0.25, 0.3) is 0 Å². The van der Waals surface area contributed by atoms with E-state index in [4.69, 9.17) is 10.5 Å². The number of ether oxygens (including phenoxy) is 1. The van der Waals surface area contributed by atoms with Crippen molar-refractivity contribution in [2.24, 2.45) is 0 Å². The number of ketones is 1. The largest absolute Gasteiger partial charge is 0.497 e. The molecule has 1 unspecified atom stereocenters. The van der Waals surface area contributed by atoms with E-state index in [-0.39, 0.29) is 31.0 Å². The minimum atomic E-state index is -0.640. The van der Waals surface area contributed by atoms with E-state index < -0.39 is 17.0 Å². The molecule has 2 aromatic carbocycles. The first-order valence-electron chi connectivity index (χ1n) is 10.5. The number of quaternary nitrogens is 1. The molecule has 0 aliphatic heterocycles. The van der Waals surface area contributed by atoms with Crippen LogP contribution in [-0.4, -0.2) is 35.6 Å². The van der Waals surface area contributed by atoms with Crippen molar-refractivity contribution in [3.63, 3.8) is 0 Å². The van der Waals surface area contributed by atoms with Crippen LogP contribution in [0.5, 0.6) is 5.75 Å². The van der Waals surface area contributed by atoms with Gasteiger partial charge in [-0.25, -0.2) is 4.79 Å². The topological polar surface area (TPSA) is 101 Å². The summed E-state index contributed by atoms with van der Waals surface area (Å²) >= 11 is 0. The van der Waals surface area contributed by atoms with Gasteiger partial charge in [0.2, 0.25) is 5.78 Å². The number of carbonyl (C=O) groups excluding carboxylic acids is 1. The number of Topliss-reactive ketones (excluding diaryl/α,β-unsaturated/α-hetero) is 1. The van der Waals surface area contributed by atoms with Gasteiger partial charge in [0.1, 0.15) is 30.2 Å². The molecule has 0 amide bonds. The summed E-state index contributed by atoms with van der Waals surface area (Å²) in [5.41, 5.74) is 6.78. The molecule has 3 N–H and O–H groups in total. The molecule has 0 fully saturated rings. The number of anilines is 1. The van der Waals surface area contributed by atoms with Gasteiger partial charge >= 0.3 is 5.69 Å². The Morgan fingerprint density at radius 3 is 2.38 bits per heavy atom. The lowest BCUT2D eigenvalue weighted by Gasteiger charge is -2.17. The van der Waals surface area contributed by atoms with E-state index in [0.29, 0.717) is 6.54 Å². The fourth-order valence-corrected chi connectivity index (χ4v) is 3.73. The fraction of sp³-hybridized carbons (Fsp3) is 0.292. The number of likely N-dealkylation sites (N-methyl/N-ethyl adjacent to an activating group) is 1. The molecule has 32 heavy (non-hydrogen) atoms. The third-order valence-corrected chi connectivity index (χ3v) is 5.35. The zero-order valence-corrected chi connectivity index (χ0v) is 18.6. The van der Waals surface area contributed by atoms with Crippen LogP contribution in [0.15, 0.2) is 64.2 Å². The van der Waals surface area contributed by atoms with Crippen molar-refractivity contribution in [1.82, 2.24) is 9.13 Å². The molecule has 1 heterocycles. The highest BCUT2D eigenvalue weighted by Crippen LogP contribution is 2.12. The van der Waals surface area contributed by atoms with E-state index in [0.717, 1.165) is 26.3 Å². The van der Waals surface area contributed by atoms with Crippen molar-refractivity contribution in [2.75, 3.05) is 26.4 Å².